The minimum atomic E-state index is -0.484. The van der Waals surface area contributed by atoms with Crippen LogP contribution in [0.15, 0.2) is 74.9 Å². The van der Waals surface area contributed by atoms with Crippen molar-refractivity contribution in [2.45, 2.75) is 44.8 Å². The van der Waals surface area contributed by atoms with Crippen LogP contribution in [0.4, 0.5) is 0 Å². The number of nitrogens with zero attached hydrogens (tertiary/aromatic N) is 2. The average molecular weight is 478 g/mol. The van der Waals surface area contributed by atoms with Crippen molar-refractivity contribution in [2.75, 3.05) is 0 Å². The predicted molar refractivity (Wildman–Crippen MR) is 131 cm³/mol. The topological polar surface area (TPSA) is 86.2 Å². The Morgan fingerprint density at radius 1 is 1.00 bits per heavy atom. The molecule has 2 aromatic carbocycles. The van der Waals surface area contributed by atoms with Gasteiger partial charge in [-0.05, 0) is 60.9 Å². The van der Waals surface area contributed by atoms with Crippen molar-refractivity contribution < 1.29 is 9.21 Å². The van der Waals surface area contributed by atoms with Crippen LogP contribution < -0.4 is 16.6 Å². The van der Waals surface area contributed by atoms with Gasteiger partial charge in [0.1, 0.15) is 5.76 Å². The number of carbonyl (C=O) groups excluding carboxylic acids is 1. The number of hydrogen-bond donors (Lipinski definition) is 1. The molecule has 5 rings (SSSR count). The number of amides is 1. The van der Waals surface area contributed by atoms with Crippen molar-refractivity contribution in [1.29, 1.82) is 0 Å². The molecule has 0 spiro atoms. The second-order valence-corrected chi connectivity index (χ2v) is 9.09. The zero-order valence-electron chi connectivity index (χ0n) is 18.5. The molecule has 8 heteroatoms. The lowest BCUT2D eigenvalue weighted by molar-refractivity contribution is 0.0938. The minimum absolute atomic E-state index is 0.0140. The van der Waals surface area contributed by atoms with E-state index in [0.29, 0.717) is 27.2 Å². The number of fused-ring (bicyclic) bond motifs is 1. The van der Waals surface area contributed by atoms with Crippen LogP contribution in [0.2, 0.25) is 5.02 Å². The van der Waals surface area contributed by atoms with Crippen LogP contribution in [0.5, 0.6) is 0 Å². The molecule has 34 heavy (non-hydrogen) atoms. The molecule has 1 amide bonds. The Morgan fingerprint density at radius 3 is 2.56 bits per heavy atom. The smallest absolute Gasteiger partial charge is 0.332 e. The summed E-state index contributed by atoms with van der Waals surface area (Å²) in [7, 11) is 0. The van der Waals surface area contributed by atoms with Gasteiger partial charge in [0.05, 0.1) is 30.3 Å². The van der Waals surface area contributed by atoms with Crippen molar-refractivity contribution in [2.24, 2.45) is 0 Å². The second kappa shape index (κ2) is 9.35. The molecule has 0 bridgehead atoms. The van der Waals surface area contributed by atoms with Crippen LogP contribution >= 0.6 is 11.6 Å². The van der Waals surface area contributed by atoms with E-state index in [1.165, 1.54) is 10.8 Å². The summed E-state index contributed by atoms with van der Waals surface area (Å²) in [5.41, 5.74) is 0.718. The SMILES string of the molecule is O=C(NC1CCCC1)c1ccc2c(=O)n(Cc3ccco3)c(=O)n(Cc3cccc(Cl)c3)c2c1. The first-order valence-electron chi connectivity index (χ1n) is 11.3. The summed E-state index contributed by atoms with van der Waals surface area (Å²) >= 11 is 6.16. The van der Waals surface area contributed by atoms with E-state index in [4.69, 9.17) is 16.0 Å². The lowest BCUT2D eigenvalue weighted by atomic mass is 10.1. The Labute approximate surface area is 200 Å². The number of aromatic nitrogens is 2. The normalized spacial score (nSPS) is 14.0. The zero-order chi connectivity index (χ0) is 23.7. The molecule has 1 saturated carbocycles. The summed E-state index contributed by atoms with van der Waals surface area (Å²) in [6.07, 6.45) is 5.65. The summed E-state index contributed by atoms with van der Waals surface area (Å²) in [6, 6.07) is 15.7. The maximum Gasteiger partial charge on any atom is 0.332 e. The number of benzene rings is 2. The van der Waals surface area contributed by atoms with Gasteiger partial charge in [0.15, 0.2) is 0 Å². The molecule has 1 fully saturated rings. The van der Waals surface area contributed by atoms with E-state index in [9.17, 15) is 14.4 Å². The van der Waals surface area contributed by atoms with Gasteiger partial charge in [-0.3, -0.25) is 18.7 Å². The molecule has 0 radical (unpaired) electrons. The average Bonchev–Trinajstić information content (AvgIpc) is 3.53. The number of rotatable bonds is 6. The molecule has 0 atom stereocenters. The van der Waals surface area contributed by atoms with Gasteiger partial charge in [-0.25, -0.2) is 4.79 Å². The molecule has 1 aliphatic carbocycles. The fourth-order valence-corrected chi connectivity index (χ4v) is 4.78. The Bertz CT molecular complexity index is 1460. The molecule has 7 nitrogen and oxygen atoms in total. The Kier molecular flexibility index (Phi) is 6.11. The van der Waals surface area contributed by atoms with E-state index >= 15 is 0 Å². The fourth-order valence-electron chi connectivity index (χ4n) is 4.57. The van der Waals surface area contributed by atoms with Crippen molar-refractivity contribution >= 4 is 28.4 Å². The molecule has 2 aromatic heterocycles. The number of hydrogen-bond acceptors (Lipinski definition) is 4. The molecular weight excluding hydrogens is 454 g/mol. The molecule has 2 heterocycles. The van der Waals surface area contributed by atoms with Crippen LogP contribution in [-0.4, -0.2) is 21.1 Å². The first kappa shape index (κ1) is 22.2. The van der Waals surface area contributed by atoms with E-state index < -0.39 is 11.2 Å². The maximum absolute atomic E-state index is 13.5. The largest absolute Gasteiger partial charge is 0.467 e. The highest BCUT2D eigenvalue weighted by atomic mass is 35.5. The summed E-state index contributed by atoms with van der Waals surface area (Å²) in [5.74, 6) is 0.302. The third-order valence-corrected chi connectivity index (χ3v) is 6.54. The lowest BCUT2D eigenvalue weighted by Crippen LogP contribution is -2.40. The van der Waals surface area contributed by atoms with Gasteiger partial charge in [0, 0.05) is 16.6 Å². The molecule has 1 N–H and O–H groups in total. The third-order valence-electron chi connectivity index (χ3n) is 6.30. The van der Waals surface area contributed by atoms with Gasteiger partial charge in [0.2, 0.25) is 0 Å². The van der Waals surface area contributed by atoms with Crippen molar-refractivity contribution in [3.8, 4) is 0 Å². The maximum atomic E-state index is 13.5. The van der Waals surface area contributed by atoms with Crippen LogP contribution in [0.1, 0.15) is 47.4 Å². The summed E-state index contributed by atoms with van der Waals surface area (Å²) in [6.45, 7) is 0.210. The quantitative estimate of drug-likeness (QED) is 0.451. The monoisotopic (exact) mass is 477 g/mol. The van der Waals surface area contributed by atoms with E-state index in [1.807, 2.05) is 12.1 Å². The number of carbonyl (C=O) groups is 1. The molecule has 174 valence electrons. The van der Waals surface area contributed by atoms with Gasteiger partial charge in [0.25, 0.3) is 11.5 Å². The number of nitrogens with one attached hydrogen (secondary N) is 1. The number of halogens is 1. The van der Waals surface area contributed by atoms with E-state index in [2.05, 4.69) is 5.32 Å². The highest BCUT2D eigenvalue weighted by molar-refractivity contribution is 6.30. The summed E-state index contributed by atoms with van der Waals surface area (Å²) < 4.78 is 8.04. The van der Waals surface area contributed by atoms with Gasteiger partial charge in [-0.15, -0.1) is 0 Å². The molecular formula is C26H24ClN3O4. The third kappa shape index (κ3) is 4.43. The van der Waals surface area contributed by atoms with Gasteiger partial charge in [-0.1, -0.05) is 36.6 Å². The van der Waals surface area contributed by atoms with Gasteiger partial charge in [-0.2, -0.15) is 0 Å². The molecule has 0 aliphatic heterocycles. The zero-order valence-corrected chi connectivity index (χ0v) is 19.3. The molecule has 4 aromatic rings. The predicted octanol–water partition coefficient (Wildman–Crippen LogP) is 4.18. The lowest BCUT2D eigenvalue weighted by Gasteiger charge is -2.16. The van der Waals surface area contributed by atoms with Crippen LogP contribution in [0.25, 0.3) is 10.9 Å². The molecule has 0 saturated heterocycles. The van der Waals surface area contributed by atoms with Gasteiger partial charge < -0.3 is 9.73 Å². The number of furan rings is 1. The highest BCUT2D eigenvalue weighted by Crippen LogP contribution is 2.20. The van der Waals surface area contributed by atoms with E-state index in [1.54, 1.807) is 42.5 Å². The van der Waals surface area contributed by atoms with Crippen LogP contribution in [0.3, 0.4) is 0 Å². The van der Waals surface area contributed by atoms with E-state index in [-0.39, 0.29) is 25.0 Å². The van der Waals surface area contributed by atoms with Crippen molar-refractivity contribution in [3.05, 3.63) is 104 Å². The fraction of sp³-hybridized carbons (Fsp3) is 0.269. The summed E-state index contributed by atoms with van der Waals surface area (Å²) in [5, 5.41) is 3.97. The first-order valence-corrected chi connectivity index (χ1v) is 11.7. The van der Waals surface area contributed by atoms with Crippen molar-refractivity contribution in [3.63, 3.8) is 0 Å². The van der Waals surface area contributed by atoms with E-state index in [0.717, 1.165) is 35.8 Å². The van der Waals surface area contributed by atoms with Crippen LogP contribution in [0, 0.1) is 0 Å². The highest BCUT2D eigenvalue weighted by Gasteiger charge is 2.20. The Hall–Kier alpha value is -3.58. The van der Waals surface area contributed by atoms with Gasteiger partial charge >= 0.3 is 5.69 Å². The first-order chi connectivity index (χ1) is 16.5. The van der Waals surface area contributed by atoms with Crippen LogP contribution in [-0.2, 0) is 13.1 Å². The molecule has 0 unspecified atom stereocenters. The minimum Gasteiger partial charge on any atom is -0.467 e. The Morgan fingerprint density at radius 2 is 1.82 bits per heavy atom. The Balaban J connectivity index is 1.63. The standard InChI is InChI=1S/C26H24ClN3O4/c27-19-6-3-5-17(13-19)15-29-23-14-18(24(31)28-20-7-1-2-8-20)10-11-22(23)25(32)30(26(29)33)16-21-9-4-12-34-21/h3-6,9-14,20H,1-2,7-8,15-16H2,(H,28,31). The molecule has 1 aliphatic rings. The summed E-state index contributed by atoms with van der Waals surface area (Å²) in [4.78, 5) is 39.7. The second-order valence-electron chi connectivity index (χ2n) is 8.66. The van der Waals surface area contributed by atoms with Crippen molar-refractivity contribution in [1.82, 2.24) is 14.5 Å².